The molecule has 4 N–H and O–H groups in total. The number of aryl methyl sites for hydroxylation is 1. The van der Waals surface area contributed by atoms with Crippen molar-refractivity contribution < 1.29 is 9.18 Å². The van der Waals surface area contributed by atoms with E-state index in [1.54, 1.807) is 43.5 Å². The first-order chi connectivity index (χ1) is 10.1. The lowest BCUT2D eigenvalue weighted by atomic mass is 10.1. The van der Waals surface area contributed by atoms with E-state index in [1.165, 1.54) is 6.07 Å². The number of rotatable bonds is 2. The van der Waals surface area contributed by atoms with Crippen LogP contribution in [0, 0.1) is 12.7 Å². The molecule has 3 aromatic rings. The van der Waals surface area contributed by atoms with Crippen LogP contribution in [0.5, 0.6) is 0 Å². The third-order valence-corrected chi connectivity index (χ3v) is 3.41. The molecule has 1 heterocycles. The smallest absolute Gasteiger partial charge is 0.257 e. The van der Waals surface area contributed by atoms with Crippen LogP contribution in [0.4, 0.5) is 15.8 Å². The lowest BCUT2D eigenvalue weighted by Gasteiger charge is -2.08. The monoisotopic (exact) mass is 283 g/mol. The highest BCUT2D eigenvalue weighted by Crippen LogP contribution is 2.24. The van der Waals surface area contributed by atoms with Crippen molar-refractivity contribution in [1.82, 2.24) is 4.98 Å². The van der Waals surface area contributed by atoms with Gasteiger partial charge in [-0.2, -0.15) is 0 Å². The maximum Gasteiger partial charge on any atom is 0.257 e. The molecule has 21 heavy (non-hydrogen) atoms. The summed E-state index contributed by atoms with van der Waals surface area (Å²) in [5.74, 6) is -0.813. The second kappa shape index (κ2) is 4.94. The minimum atomic E-state index is -0.451. The molecule has 0 aliphatic carbocycles. The summed E-state index contributed by atoms with van der Waals surface area (Å²) in [5, 5.41) is 3.37. The van der Waals surface area contributed by atoms with Crippen molar-refractivity contribution in [2.45, 2.75) is 6.92 Å². The Hall–Kier alpha value is -2.82. The van der Waals surface area contributed by atoms with Crippen LogP contribution in [0.2, 0.25) is 0 Å². The Morgan fingerprint density at radius 3 is 2.86 bits per heavy atom. The van der Waals surface area contributed by atoms with E-state index in [9.17, 15) is 9.18 Å². The average Bonchev–Trinajstić information content (AvgIpc) is 2.85. The van der Waals surface area contributed by atoms with Crippen molar-refractivity contribution in [1.29, 1.82) is 0 Å². The van der Waals surface area contributed by atoms with Crippen LogP contribution in [0.15, 0.2) is 42.6 Å². The normalized spacial score (nSPS) is 10.8. The van der Waals surface area contributed by atoms with Crippen LogP contribution in [0.25, 0.3) is 10.9 Å². The number of amides is 1. The van der Waals surface area contributed by atoms with Crippen molar-refractivity contribution in [3.05, 3.63) is 59.5 Å². The van der Waals surface area contributed by atoms with Gasteiger partial charge in [0.2, 0.25) is 0 Å². The molecule has 0 fully saturated rings. The standard InChI is InChI=1S/C16H14FN3O/c1-9-3-2-4-13(17)15(9)20-16(21)12-8-19-14-7-10(18)5-6-11(12)14/h2-8,19H,18H2,1H3,(H,20,21). The highest BCUT2D eigenvalue weighted by molar-refractivity contribution is 6.13. The van der Waals surface area contributed by atoms with Crippen molar-refractivity contribution in [2.75, 3.05) is 11.1 Å². The summed E-state index contributed by atoms with van der Waals surface area (Å²) in [4.78, 5) is 15.3. The van der Waals surface area contributed by atoms with Crippen LogP contribution in [0.3, 0.4) is 0 Å². The zero-order chi connectivity index (χ0) is 15.0. The Labute approximate surface area is 120 Å². The summed E-state index contributed by atoms with van der Waals surface area (Å²) in [6.07, 6.45) is 1.59. The molecule has 5 heteroatoms. The predicted octanol–water partition coefficient (Wildman–Crippen LogP) is 3.45. The van der Waals surface area contributed by atoms with Crippen LogP contribution < -0.4 is 11.1 Å². The number of benzene rings is 2. The number of hydrogen-bond acceptors (Lipinski definition) is 2. The van der Waals surface area contributed by atoms with E-state index in [4.69, 9.17) is 5.73 Å². The van der Waals surface area contributed by atoms with Crippen molar-refractivity contribution >= 4 is 28.2 Å². The van der Waals surface area contributed by atoms with Gasteiger partial charge >= 0.3 is 0 Å². The van der Waals surface area contributed by atoms with Crippen LogP contribution >= 0.6 is 0 Å². The molecule has 0 aliphatic rings. The maximum absolute atomic E-state index is 13.8. The third-order valence-electron chi connectivity index (χ3n) is 3.41. The third kappa shape index (κ3) is 2.33. The van der Waals surface area contributed by atoms with Gasteiger partial charge in [-0.05, 0) is 36.8 Å². The van der Waals surface area contributed by atoms with E-state index in [1.807, 2.05) is 0 Å². The highest BCUT2D eigenvalue weighted by atomic mass is 19.1. The molecule has 1 aromatic heterocycles. The first kappa shape index (κ1) is 13.2. The van der Waals surface area contributed by atoms with Crippen LogP contribution in [-0.4, -0.2) is 10.9 Å². The van der Waals surface area contributed by atoms with Gasteiger partial charge in [-0.3, -0.25) is 4.79 Å². The molecule has 0 saturated heterocycles. The van der Waals surface area contributed by atoms with Gasteiger partial charge in [0.25, 0.3) is 5.91 Å². The molecule has 0 saturated carbocycles. The number of nitrogens with one attached hydrogen (secondary N) is 2. The van der Waals surface area contributed by atoms with Crippen molar-refractivity contribution in [3.63, 3.8) is 0 Å². The van der Waals surface area contributed by atoms with Gasteiger partial charge in [0.15, 0.2) is 0 Å². The molecular formula is C16H14FN3O. The number of carbonyl (C=O) groups excluding carboxylic acids is 1. The summed E-state index contributed by atoms with van der Waals surface area (Å²) < 4.78 is 13.8. The van der Waals surface area contributed by atoms with E-state index < -0.39 is 5.82 Å². The maximum atomic E-state index is 13.8. The van der Waals surface area contributed by atoms with Crippen LogP contribution in [-0.2, 0) is 0 Å². The molecule has 0 bridgehead atoms. The lowest BCUT2D eigenvalue weighted by molar-refractivity contribution is 0.102. The number of H-pyrrole nitrogens is 1. The van der Waals surface area contributed by atoms with Gasteiger partial charge in [0.05, 0.1) is 11.3 Å². The number of carbonyl (C=O) groups is 1. The number of para-hydroxylation sites is 1. The van der Waals surface area contributed by atoms with E-state index in [0.717, 1.165) is 10.9 Å². The zero-order valence-electron chi connectivity index (χ0n) is 11.4. The van der Waals surface area contributed by atoms with E-state index >= 15 is 0 Å². The first-order valence-electron chi connectivity index (χ1n) is 6.49. The number of hydrogen-bond donors (Lipinski definition) is 3. The van der Waals surface area contributed by atoms with Gasteiger partial charge in [-0.1, -0.05) is 12.1 Å². The molecule has 0 radical (unpaired) electrons. The van der Waals surface area contributed by atoms with E-state index in [0.29, 0.717) is 16.8 Å². The Bertz CT molecular complexity index is 818. The number of halogens is 1. The summed E-state index contributed by atoms with van der Waals surface area (Å²) in [5.41, 5.74) is 8.41. The number of nitrogen functional groups attached to an aromatic ring is 1. The number of nitrogens with two attached hydrogens (primary N) is 1. The number of anilines is 2. The fourth-order valence-corrected chi connectivity index (χ4v) is 2.30. The molecule has 0 unspecified atom stereocenters. The van der Waals surface area contributed by atoms with Gasteiger partial charge in [0.1, 0.15) is 5.82 Å². The van der Waals surface area contributed by atoms with E-state index in [2.05, 4.69) is 10.3 Å². The Balaban J connectivity index is 1.98. The zero-order valence-corrected chi connectivity index (χ0v) is 11.4. The Morgan fingerprint density at radius 2 is 2.10 bits per heavy atom. The molecule has 0 spiro atoms. The molecule has 3 rings (SSSR count). The molecule has 2 aromatic carbocycles. The second-order valence-electron chi connectivity index (χ2n) is 4.89. The lowest BCUT2D eigenvalue weighted by Crippen LogP contribution is -2.13. The second-order valence-corrected chi connectivity index (χ2v) is 4.89. The molecule has 0 aliphatic heterocycles. The van der Waals surface area contributed by atoms with Gasteiger partial charge in [-0.15, -0.1) is 0 Å². The number of aromatic amines is 1. The highest BCUT2D eigenvalue weighted by Gasteiger charge is 2.15. The Morgan fingerprint density at radius 1 is 1.29 bits per heavy atom. The fraction of sp³-hybridized carbons (Fsp3) is 0.0625. The van der Waals surface area contributed by atoms with Crippen molar-refractivity contribution in [3.8, 4) is 0 Å². The molecule has 0 atom stereocenters. The predicted molar refractivity (Wildman–Crippen MR) is 81.8 cm³/mol. The fourth-order valence-electron chi connectivity index (χ4n) is 2.30. The minimum Gasteiger partial charge on any atom is -0.399 e. The average molecular weight is 283 g/mol. The van der Waals surface area contributed by atoms with Gasteiger partial charge in [0, 0.05) is 22.8 Å². The largest absolute Gasteiger partial charge is 0.399 e. The van der Waals surface area contributed by atoms with Crippen LogP contribution in [0.1, 0.15) is 15.9 Å². The quantitative estimate of drug-likeness (QED) is 0.630. The minimum absolute atomic E-state index is 0.201. The number of aromatic nitrogens is 1. The summed E-state index contributed by atoms with van der Waals surface area (Å²) in [6.45, 7) is 1.74. The molecule has 4 nitrogen and oxygen atoms in total. The van der Waals surface area contributed by atoms with E-state index in [-0.39, 0.29) is 11.6 Å². The van der Waals surface area contributed by atoms with Gasteiger partial charge < -0.3 is 16.0 Å². The Kier molecular flexibility index (Phi) is 3.10. The molecule has 106 valence electrons. The summed E-state index contributed by atoms with van der Waals surface area (Å²) in [6, 6.07) is 9.91. The van der Waals surface area contributed by atoms with Gasteiger partial charge in [-0.25, -0.2) is 4.39 Å². The first-order valence-corrected chi connectivity index (χ1v) is 6.49. The molecular weight excluding hydrogens is 269 g/mol. The SMILES string of the molecule is Cc1cccc(F)c1NC(=O)c1c[nH]c2cc(N)ccc12. The van der Waals surface area contributed by atoms with Crippen molar-refractivity contribution in [2.24, 2.45) is 0 Å². The topological polar surface area (TPSA) is 70.9 Å². The summed E-state index contributed by atoms with van der Waals surface area (Å²) >= 11 is 0. The molecule has 1 amide bonds. The number of fused-ring (bicyclic) bond motifs is 1. The summed E-state index contributed by atoms with van der Waals surface area (Å²) in [7, 11) is 0.